The molecule has 7 heteroatoms. The fourth-order valence-corrected chi connectivity index (χ4v) is 2.79. The number of hydrogen-bond acceptors (Lipinski definition) is 4. The molecule has 0 aliphatic carbocycles. The Labute approximate surface area is 150 Å². The van der Waals surface area contributed by atoms with Crippen molar-refractivity contribution < 1.29 is 14.0 Å². The van der Waals surface area contributed by atoms with Crippen molar-refractivity contribution in [2.75, 3.05) is 37.0 Å². The van der Waals surface area contributed by atoms with Crippen LogP contribution in [0.3, 0.4) is 0 Å². The van der Waals surface area contributed by atoms with Crippen molar-refractivity contribution >= 4 is 35.0 Å². The van der Waals surface area contributed by atoms with Crippen molar-refractivity contribution in [3.05, 3.63) is 54.3 Å². The molecule has 0 heterocycles. The Hall–Kier alpha value is -2.38. The van der Waals surface area contributed by atoms with Gasteiger partial charge in [0.15, 0.2) is 0 Å². The van der Waals surface area contributed by atoms with Gasteiger partial charge in [-0.25, -0.2) is 4.39 Å². The predicted octanol–water partition coefficient (Wildman–Crippen LogP) is 3.06. The number of carbonyl (C=O) groups is 2. The molecule has 0 unspecified atom stereocenters. The number of rotatable bonds is 7. The summed E-state index contributed by atoms with van der Waals surface area (Å²) in [6.45, 7) is 0.0271. The number of halogens is 1. The normalized spacial score (nSPS) is 10.6. The van der Waals surface area contributed by atoms with Crippen LogP contribution in [-0.4, -0.2) is 43.1 Å². The van der Waals surface area contributed by atoms with Gasteiger partial charge in [-0.05, 0) is 37.6 Å². The molecule has 0 atom stereocenters. The SMILES string of the molecule is CSc1ccccc1NC(=O)CN(C)CC(=O)Nc1ccccc1F. The monoisotopic (exact) mass is 361 g/mol. The zero-order valence-electron chi connectivity index (χ0n) is 14.1. The van der Waals surface area contributed by atoms with E-state index in [-0.39, 0.29) is 30.6 Å². The standard InChI is InChI=1S/C18H20FN3O2S/c1-22(11-17(23)20-14-8-4-3-7-13(14)19)12-18(24)21-15-9-5-6-10-16(15)25-2/h3-10H,11-12H2,1-2H3,(H,20,23)(H,21,24). The molecule has 2 amide bonds. The number of carbonyl (C=O) groups excluding carboxylic acids is 2. The van der Waals surface area contributed by atoms with Crippen LogP contribution in [0.5, 0.6) is 0 Å². The minimum absolute atomic E-state index is 0.0219. The molecule has 0 saturated heterocycles. The molecule has 0 bridgehead atoms. The molecule has 132 valence electrons. The summed E-state index contributed by atoms with van der Waals surface area (Å²) in [4.78, 5) is 26.6. The van der Waals surface area contributed by atoms with E-state index in [4.69, 9.17) is 0 Å². The van der Waals surface area contributed by atoms with Crippen LogP contribution in [0.2, 0.25) is 0 Å². The van der Waals surface area contributed by atoms with Gasteiger partial charge < -0.3 is 10.6 Å². The first-order chi connectivity index (χ1) is 12.0. The molecule has 0 radical (unpaired) electrons. The Bertz CT molecular complexity index is 755. The van der Waals surface area contributed by atoms with Crippen molar-refractivity contribution in [1.82, 2.24) is 4.90 Å². The molecule has 5 nitrogen and oxygen atoms in total. The Kier molecular flexibility index (Phi) is 6.97. The largest absolute Gasteiger partial charge is 0.324 e. The lowest BCUT2D eigenvalue weighted by molar-refractivity contribution is -0.119. The van der Waals surface area contributed by atoms with Crippen LogP contribution in [-0.2, 0) is 9.59 Å². The molecule has 25 heavy (non-hydrogen) atoms. The average molecular weight is 361 g/mol. The molecule has 0 aliphatic rings. The molecule has 0 saturated carbocycles. The zero-order valence-corrected chi connectivity index (χ0v) is 14.9. The van der Waals surface area contributed by atoms with Gasteiger partial charge in [0, 0.05) is 4.90 Å². The second-order valence-corrected chi connectivity index (χ2v) is 6.30. The highest BCUT2D eigenvalue weighted by molar-refractivity contribution is 7.98. The van der Waals surface area contributed by atoms with Gasteiger partial charge in [0.2, 0.25) is 11.8 Å². The molecule has 0 aliphatic heterocycles. The third-order valence-electron chi connectivity index (χ3n) is 3.36. The van der Waals surface area contributed by atoms with Crippen LogP contribution in [0.4, 0.5) is 15.8 Å². The maximum Gasteiger partial charge on any atom is 0.238 e. The van der Waals surface area contributed by atoms with Gasteiger partial charge in [-0.1, -0.05) is 24.3 Å². The van der Waals surface area contributed by atoms with Crippen LogP contribution in [0, 0.1) is 5.82 Å². The van der Waals surface area contributed by atoms with Crippen molar-refractivity contribution in [2.45, 2.75) is 4.90 Å². The number of benzene rings is 2. The summed E-state index contributed by atoms with van der Waals surface area (Å²) in [6.07, 6.45) is 1.93. The lowest BCUT2D eigenvalue weighted by atomic mass is 10.3. The van der Waals surface area contributed by atoms with E-state index in [2.05, 4.69) is 10.6 Å². The fraction of sp³-hybridized carbons (Fsp3) is 0.222. The minimum Gasteiger partial charge on any atom is -0.324 e. The summed E-state index contributed by atoms with van der Waals surface area (Å²) < 4.78 is 13.5. The van der Waals surface area contributed by atoms with Crippen LogP contribution in [0.15, 0.2) is 53.4 Å². The van der Waals surface area contributed by atoms with E-state index in [0.717, 1.165) is 10.6 Å². The number of para-hydroxylation sites is 2. The van der Waals surface area contributed by atoms with E-state index in [9.17, 15) is 14.0 Å². The summed E-state index contributed by atoms with van der Waals surface area (Å²) in [6, 6.07) is 13.4. The molecule has 2 N–H and O–H groups in total. The second-order valence-electron chi connectivity index (χ2n) is 5.45. The first-order valence-electron chi connectivity index (χ1n) is 7.65. The maximum absolute atomic E-state index is 13.5. The first kappa shape index (κ1) is 19.0. The van der Waals surface area contributed by atoms with Crippen molar-refractivity contribution in [1.29, 1.82) is 0 Å². The molecular formula is C18H20FN3O2S. The highest BCUT2D eigenvalue weighted by Crippen LogP contribution is 2.24. The number of likely N-dealkylation sites (N-methyl/N-ethyl adjacent to an activating group) is 1. The highest BCUT2D eigenvalue weighted by Gasteiger charge is 2.13. The van der Waals surface area contributed by atoms with E-state index in [0.29, 0.717) is 0 Å². The third kappa shape index (κ3) is 5.88. The van der Waals surface area contributed by atoms with Crippen molar-refractivity contribution in [3.63, 3.8) is 0 Å². The molecule has 2 aromatic rings. The smallest absolute Gasteiger partial charge is 0.238 e. The van der Waals surface area contributed by atoms with Gasteiger partial charge in [-0.15, -0.1) is 11.8 Å². The molecule has 2 aromatic carbocycles. The lowest BCUT2D eigenvalue weighted by Gasteiger charge is -2.17. The minimum atomic E-state index is -0.495. The van der Waals surface area contributed by atoms with Crippen LogP contribution in [0.1, 0.15) is 0 Å². The summed E-state index contributed by atoms with van der Waals surface area (Å²) in [5, 5.41) is 5.32. The highest BCUT2D eigenvalue weighted by atomic mass is 32.2. The van der Waals surface area contributed by atoms with Crippen molar-refractivity contribution in [3.8, 4) is 0 Å². The van der Waals surface area contributed by atoms with Gasteiger partial charge in [0.05, 0.1) is 24.5 Å². The van der Waals surface area contributed by atoms with Crippen LogP contribution in [0.25, 0.3) is 0 Å². The summed E-state index contributed by atoms with van der Waals surface area (Å²) in [5.41, 5.74) is 0.864. The van der Waals surface area contributed by atoms with Gasteiger partial charge >= 0.3 is 0 Å². The number of nitrogens with zero attached hydrogens (tertiary/aromatic N) is 1. The van der Waals surface area contributed by atoms with Gasteiger partial charge in [0.25, 0.3) is 0 Å². The van der Waals surface area contributed by atoms with E-state index < -0.39 is 5.82 Å². The number of hydrogen-bond donors (Lipinski definition) is 2. The Balaban J connectivity index is 1.85. The second kappa shape index (κ2) is 9.19. The van der Waals surface area contributed by atoms with Crippen LogP contribution < -0.4 is 10.6 Å². The lowest BCUT2D eigenvalue weighted by Crippen LogP contribution is -2.36. The van der Waals surface area contributed by atoms with E-state index in [1.807, 2.05) is 30.5 Å². The third-order valence-corrected chi connectivity index (χ3v) is 4.15. The maximum atomic E-state index is 13.5. The Morgan fingerprint density at radius 2 is 1.48 bits per heavy atom. The number of amides is 2. The Morgan fingerprint density at radius 3 is 2.08 bits per heavy atom. The van der Waals surface area contributed by atoms with Crippen molar-refractivity contribution in [2.24, 2.45) is 0 Å². The Morgan fingerprint density at radius 1 is 0.960 bits per heavy atom. The van der Waals surface area contributed by atoms with E-state index >= 15 is 0 Å². The average Bonchev–Trinajstić information content (AvgIpc) is 2.57. The molecule has 0 spiro atoms. The topological polar surface area (TPSA) is 61.4 Å². The number of thioether (sulfide) groups is 1. The fourth-order valence-electron chi connectivity index (χ4n) is 2.24. The number of anilines is 2. The van der Waals surface area contributed by atoms with E-state index in [1.54, 1.807) is 35.8 Å². The van der Waals surface area contributed by atoms with Gasteiger partial charge in [0.1, 0.15) is 5.82 Å². The van der Waals surface area contributed by atoms with E-state index in [1.165, 1.54) is 12.1 Å². The van der Waals surface area contributed by atoms with Gasteiger partial charge in [-0.2, -0.15) is 0 Å². The molecule has 2 rings (SSSR count). The quantitative estimate of drug-likeness (QED) is 0.744. The summed E-state index contributed by atoms with van der Waals surface area (Å²) in [5.74, 6) is -1.10. The molecule has 0 fully saturated rings. The molecular weight excluding hydrogens is 341 g/mol. The van der Waals surface area contributed by atoms with Crippen LogP contribution >= 0.6 is 11.8 Å². The summed E-state index contributed by atoms with van der Waals surface area (Å²) in [7, 11) is 1.65. The molecule has 0 aromatic heterocycles. The number of nitrogens with one attached hydrogen (secondary N) is 2. The zero-order chi connectivity index (χ0) is 18.2. The predicted molar refractivity (Wildman–Crippen MR) is 99.4 cm³/mol. The first-order valence-corrected chi connectivity index (χ1v) is 8.88. The van der Waals surface area contributed by atoms with Gasteiger partial charge in [-0.3, -0.25) is 14.5 Å². The summed E-state index contributed by atoms with van der Waals surface area (Å²) >= 11 is 1.54.